The van der Waals surface area contributed by atoms with E-state index in [-0.39, 0.29) is 0 Å². The van der Waals surface area contributed by atoms with Gasteiger partial charge in [0, 0.05) is 11.3 Å². The van der Waals surface area contributed by atoms with E-state index in [0.717, 1.165) is 11.3 Å². The van der Waals surface area contributed by atoms with Crippen molar-refractivity contribution in [2.24, 2.45) is 0 Å². The summed E-state index contributed by atoms with van der Waals surface area (Å²) in [5.41, 5.74) is 13.0. The third kappa shape index (κ3) is 1.94. The first-order chi connectivity index (χ1) is 7.58. The smallest absolute Gasteiger partial charge is 0.0394 e. The molecule has 16 heavy (non-hydrogen) atoms. The van der Waals surface area contributed by atoms with Gasteiger partial charge in [0.15, 0.2) is 0 Å². The summed E-state index contributed by atoms with van der Waals surface area (Å²) < 4.78 is 0. The van der Waals surface area contributed by atoms with E-state index < -0.39 is 0 Å². The molecule has 0 atom stereocenters. The van der Waals surface area contributed by atoms with Gasteiger partial charge in [0.05, 0.1) is 0 Å². The maximum Gasteiger partial charge on any atom is 0.0394 e. The molecule has 1 nitrogen and oxygen atoms in total. The second-order valence-electron chi connectivity index (χ2n) is 4.41. The molecule has 0 aliphatic heterocycles. The Morgan fingerprint density at radius 3 is 2.00 bits per heavy atom. The number of nitrogens with two attached hydrogens (primary N) is 1. The Morgan fingerprint density at radius 2 is 1.31 bits per heavy atom. The van der Waals surface area contributed by atoms with Crippen LogP contribution in [0.1, 0.15) is 16.7 Å². The highest BCUT2D eigenvalue weighted by atomic mass is 14.6. The van der Waals surface area contributed by atoms with Crippen LogP contribution in [0.5, 0.6) is 0 Å². The Hall–Kier alpha value is -1.76. The average molecular weight is 211 g/mol. The molecule has 0 unspecified atom stereocenters. The third-order valence-electron chi connectivity index (χ3n) is 2.89. The van der Waals surface area contributed by atoms with E-state index >= 15 is 0 Å². The molecule has 2 rings (SSSR count). The molecule has 0 amide bonds. The van der Waals surface area contributed by atoms with Crippen LogP contribution in [0.3, 0.4) is 0 Å². The zero-order valence-electron chi connectivity index (χ0n) is 10.0. The lowest BCUT2D eigenvalue weighted by molar-refractivity contribution is 1.38. The molecule has 0 spiro atoms. The molecule has 0 bridgehead atoms. The summed E-state index contributed by atoms with van der Waals surface area (Å²) >= 11 is 0. The molecule has 0 radical (unpaired) electrons. The van der Waals surface area contributed by atoms with Crippen LogP contribution >= 0.6 is 0 Å². The topological polar surface area (TPSA) is 26.0 Å². The molecule has 82 valence electrons. The normalized spacial score (nSPS) is 10.4. The molecule has 2 N–H and O–H groups in total. The Balaban J connectivity index is 2.66. The van der Waals surface area contributed by atoms with Crippen LogP contribution in [-0.2, 0) is 0 Å². The highest BCUT2D eigenvalue weighted by molar-refractivity contribution is 5.79. The maximum absolute atomic E-state index is 6.04. The largest absolute Gasteiger partial charge is 0.398 e. The van der Waals surface area contributed by atoms with Crippen LogP contribution in [0, 0.1) is 20.8 Å². The summed E-state index contributed by atoms with van der Waals surface area (Å²) in [4.78, 5) is 0. The summed E-state index contributed by atoms with van der Waals surface area (Å²) in [5.74, 6) is 0. The number of aryl methyl sites for hydroxylation is 3. The maximum atomic E-state index is 6.04. The van der Waals surface area contributed by atoms with E-state index in [1.54, 1.807) is 0 Å². The molecule has 0 heterocycles. The molecule has 0 aromatic heterocycles. The fraction of sp³-hybridized carbons (Fsp3) is 0.200. The van der Waals surface area contributed by atoms with Crippen molar-refractivity contribution in [2.45, 2.75) is 20.8 Å². The van der Waals surface area contributed by atoms with Gasteiger partial charge in [-0.05, 0) is 44.0 Å². The van der Waals surface area contributed by atoms with Gasteiger partial charge in [0.2, 0.25) is 0 Å². The van der Waals surface area contributed by atoms with Crippen molar-refractivity contribution in [3.63, 3.8) is 0 Å². The van der Waals surface area contributed by atoms with Gasteiger partial charge in [-0.1, -0.05) is 35.4 Å². The molecule has 1 heteroatoms. The van der Waals surface area contributed by atoms with Gasteiger partial charge in [-0.3, -0.25) is 0 Å². The van der Waals surface area contributed by atoms with Gasteiger partial charge in [-0.15, -0.1) is 0 Å². The van der Waals surface area contributed by atoms with E-state index in [0.29, 0.717) is 0 Å². The summed E-state index contributed by atoms with van der Waals surface area (Å²) in [7, 11) is 0. The summed E-state index contributed by atoms with van der Waals surface area (Å²) in [6.45, 7) is 6.32. The van der Waals surface area contributed by atoms with E-state index in [9.17, 15) is 0 Å². The second-order valence-corrected chi connectivity index (χ2v) is 4.41. The number of hydrogen-bond acceptors (Lipinski definition) is 1. The SMILES string of the molecule is Cc1ccc(C)c(-c2cc(C)ccc2N)c1. The van der Waals surface area contributed by atoms with E-state index in [2.05, 4.69) is 45.0 Å². The van der Waals surface area contributed by atoms with Crippen LogP contribution in [0.4, 0.5) is 5.69 Å². The van der Waals surface area contributed by atoms with Gasteiger partial charge in [-0.2, -0.15) is 0 Å². The van der Waals surface area contributed by atoms with Crippen molar-refractivity contribution in [2.75, 3.05) is 5.73 Å². The van der Waals surface area contributed by atoms with Gasteiger partial charge in [0.25, 0.3) is 0 Å². The summed E-state index contributed by atoms with van der Waals surface area (Å²) in [6.07, 6.45) is 0. The van der Waals surface area contributed by atoms with Crippen LogP contribution in [0.2, 0.25) is 0 Å². The fourth-order valence-electron chi connectivity index (χ4n) is 1.93. The highest BCUT2D eigenvalue weighted by Crippen LogP contribution is 2.30. The molecular formula is C15H17N. The van der Waals surface area contributed by atoms with E-state index in [4.69, 9.17) is 5.73 Å². The molecule has 0 saturated heterocycles. The number of benzene rings is 2. The van der Waals surface area contributed by atoms with Gasteiger partial charge in [0.1, 0.15) is 0 Å². The second kappa shape index (κ2) is 4.01. The molecule has 0 aliphatic carbocycles. The lowest BCUT2D eigenvalue weighted by Crippen LogP contribution is -1.93. The quantitative estimate of drug-likeness (QED) is 0.712. The molecule has 2 aromatic carbocycles. The predicted octanol–water partition coefficient (Wildman–Crippen LogP) is 3.86. The van der Waals surface area contributed by atoms with E-state index in [1.165, 1.54) is 22.3 Å². The van der Waals surface area contributed by atoms with Crippen molar-refractivity contribution in [3.05, 3.63) is 53.1 Å². The van der Waals surface area contributed by atoms with Crippen molar-refractivity contribution in [3.8, 4) is 11.1 Å². The lowest BCUT2D eigenvalue weighted by Gasteiger charge is -2.11. The van der Waals surface area contributed by atoms with Crippen molar-refractivity contribution < 1.29 is 0 Å². The Kier molecular flexibility index (Phi) is 2.69. The summed E-state index contributed by atoms with van der Waals surface area (Å²) in [6, 6.07) is 12.6. The number of nitrogen functional groups attached to an aromatic ring is 1. The third-order valence-corrected chi connectivity index (χ3v) is 2.89. The molecule has 0 aliphatic rings. The van der Waals surface area contributed by atoms with Crippen molar-refractivity contribution in [1.29, 1.82) is 0 Å². The molecule has 0 fully saturated rings. The first kappa shape index (κ1) is 10.7. The fourth-order valence-corrected chi connectivity index (χ4v) is 1.93. The first-order valence-corrected chi connectivity index (χ1v) is 5.51. The Bertz CT molecular complexity index is 477. The number of anilines is 1. The molecule has 0 saturated carbocycles. The minimum absolute atomic E-state index is 0.847. The van der Waals surface area contributed by atoms with E-state index in [1.807, 2.05) is 12.1 Å². The summed E-state index contributed by atoms with van der Waals surface area (Å²) in [5, 5.41) is 0. The van der Waals surface area contributed by atoms with Gasteiger partial charge >= 0.3 is 0 Å². The number of rotatable bonds is 1. The first-order valence-electron chi connectivity index (χ1n) is 5.51. The predicted molar refractivity (Wildman–Crippen MR) is 70.5 cm³/mol. The minimum Gasteiger partial charge on any atom is -0.398 e. The zero-order chi connectivity index (χ0) is 11.7. The van der Waals surface area contributed by atoms with Crippen molar-refractivity contribution in [1.82, 2.24) is 0 Å². The molecule has 2 aromatic rings. The highest BCUT2D eigenvalue weighted by Gasteiger charge is 2.06. The van der Waals surface area contributed by atoms with Crippen LogP contribution in [0.25, 0.3) is 11.1 Å². The zero-order valence-corrected chi connectivity index (χ0v) is 10.0. The average Bonchev–Trinajstić information content (AvgIpc) is 2.25. The number of hydrogen-bond donors (Lipinski definition) is 1. The van der Waals surface area contributed by atoms with Crippen molar-refractivity contribution >= 4 is 5.69 Å². The monoisotopic (exact) mass is 211 g/mol. The Labute approximate surface area is 96.9 Å². The van der Waals surface area contributed by atoms with Crippen LogP contribution < -0.4 is 5.73 Å². The van der Waals surface area contributed by atoms with Crippen LogP contribution in [0.15, 0.2) is 36.4 Å². The van der Waals surface area contributed by atoms with Gasteiger partial charge < -0.3 is 5.73 Å². The Morgan fingerprint density at radius 1 is 0.750 bits per heavy atom. The minimum atomic E-state index is 0.847. The molecular weight excluding hydrogens is 194 g/mol. The standard InChI is InChI=1S/C15H17N/c1-10-4-6-12(3)13(8-10)14-9-11(2)5-7-15(14)16/h4-9H,16H2,1-3H3. The van der Waals surface area contributed by atoms with Crippen LogP contribution in [-0.4, -0.2) is 0 Å². The van der Waals surface area contributed by atoms with Gasteiger partial charge in [-0.25, -0.2) is 0 Å². The lowest BCUT2D eigenvalue weighted by atomic mass is 9.96.